The summed E-state index contributed by atoms with van der Waals surface area (Å²) in [4.78, 5) is 12.2. The van der Waals surface area contributed by atoms with Crippen LogP contribution < -0.4 is 10.6 Å². The number of rotatable bonds is 5. The van der Waals surface area contributed by atoms with E-state index in [4.69, 9.17) is 0 Å². The topological polar surface area (TPSA) is 52.6 Å². The normalized spacial score (nSPS) is 12.3. The van der Waals surface area contributed by atoms with Crippen molar-refractivity contribution in [2.45, 2.75) is 39.8 Å². The highest BCUT2D eigenvalue weighted by Crippen LogP contribution is 2.15. The molecule has 1 aromatic rings. The predicted octanol–water partition coefficient (Wildman–Crippen LogP) is 2.38. The van der Waals surface area contributed by atoms with Crippen molar-refractivity contribution in [2.75, 3.05) is 27.7 Å². The number of guanidine groups is 1. The molecule has 0 aliphatic carbocycles. The van der Waals surface area contributed by atoms with E-state index in [1.54, 1.807) is 18.4 Å². The molecule has 0 unspecified atom stereocenters. The summed E-state index contributed by atoms with van der Waals surface area (Å²) >= 11 is 1.73. The van der Waals surface area contributed by atoms with Crippen molar-refractivity contribution in [3.05, 3.63) is 15.6 Å². The molecule has 1 rings (SSSR count). The Balaban J connectivity index is 0.00000400. The van der Waals surface area contributed by atoms with Crippen molar-refractivity contribution >= 4 is 41.3 Å². The second-order valence-corrected chi connectivity index (χ2v) is 7.02. The first-order valence-corrected chi connectivity index (χ1v) is 7.63. The summed E-state index contributed by atoms with van der Waals surface area (Å²) in [6, 6.07) is 0. The molecule has 0 aliphatic heterocycles. The molecule has 0 saturated heterocycles. The van der Waals surface area contributed by atoms with Crippen LogP contribution in [0, 0.1) is 13.8 Å². The van der Waals surface area contributed by atoms with Gasteiger partial charge in [-0.3, -0.25) is 4.99 Å². The van der Waals surface area contributed by atoms with Crippen LogP contribution in [0.2, 0.25) is 0 Å². The van der Waals surface area contributed by atoms with E-state index in [0.717, 1.165) is 23.2 Å². The van der Waals surface area contributed by atoms with Gasteiger partial charge in [-0.25, -0.2) is 4.98 Å². The van der Waals surface area contributed by atoms with Crippen molar-refractivity contribution in [1.29, 1.82) is 0 Å². The average Bonchev–Trinajstić information content (AvgIpc) is 2.68. The molecule has 5 nitrogen and oxygen atoms in total. The zero-order valence-electron chi connectivity index (χ0n) is 14.1. The van der Waals surface area contributed by atoms with Crippen molar-refractivity contribution in [3.8, 4) is 0 Å². The smallest absolute Gasteiger partial charge is 0.191 e. The molecule has 0 atom stereocenters. The number of thiazole rings is 1. The number of aliphatic imine (C=N–C) groups is 1. The minimum atomic E-state index is 0. The molecule has 0 aromatic carbocycles. The van der Waals surface area contributed by atoms with Gasteiger partial charge in [0.25, 0.3) is 0 Å². The number of halogens is 1. The Labute approximate surface area is 149 Å². The molecule has 0 radical (unpaired) electrons. The molecule has 2 N–H and O–H groups in total. The Morgan fingerprint density at radius 3 is 2.33 bits per heavy atom. The van der Waals surface area contributed by atoms with E-state index in [-0.39, 0.29) is 29.5 Å². The van der Waals surface area contributed by atoms with Gasteiger partial charge in [0.15, 0.2) is 5.96 Å². The maximum atomic E-state index is 4.52. The van der Waals surface area contributed by atoms with Crippen LogP contribution in [-0.2, 0) is 6.54 Å². The molecule has 21 heavy (non-hydrogen) atoms. The molecular formula is C14H28IN5S. The first-order chi connectivity index (χ1) is 9.26. The quantitative estimate of drug-likeness (QED) is 0.432. The summed E-state index contributed by atoms with van der Waals surface area (Å²) in [5, 5.41) is 7.76. The summed E-state index contributed by atoms with van der Waals surface area (Å²) in [6.45, 7) is 10.1. The third-order valence-corrected chi connectivity index (χ3v) is 4.68. The molecule has 1 heterocycles. The van der Waals surface area contributed by atoms with E-state index in [0.29, 0.717) is 6.54 Å². The molecule has 0 amide bonds. The number of hydrogen-bond acceptors (Lipinski definition) is 4. The van der Waals surface area contributed by atoms with E-state index < -0.39 is 0 Å². The maximum absolute atomic E-state index is 4.52. The highest BCUT2D eigenvalue weighted by atomic mass is 127. The molecule has 0 bridgehead atoms. The van der Waals surface area contributed by atoms with Crippen LogP contribution >= 0.6 is 35.3 Å². The summed E-state index contributed by atoms with van der Waals surface area (Å²) in [6.07, 6.45) is 0. The van der Waals surface area contributed by atoms with Gasteiger partial charge in [-0.1, -0.05) is 0 Å². The predicted molar refractivity (Wildman–Crippen MR) is 103 cm³/mol. The fourth-order valence-corrected chi connectivity index (χ4v) is 2.33. The fraction of sp³-hybridized carbons (Fsp3) is 0.714. The average molecular weight is 425 g/mol. The zero-order chi connectivity index (χ0) is 15.3. The molecule has 122 valence electrons. The number of likely N-dealkylation sites (N-methyl/N-ethyl adjacent to an activating group) is 1. The summed E-state index contributed by atoms with van der Waals surface area (Å²) in [5.74, 6) is 0.811. The minimum absolute atomic E-state index is 0. The number of nitrogens with one attached hydrogen (secondary N) is 2. The van der Waals surface area contributed by atoms with Gasteiger partial charge in [-0.2, -0.15) is 0 Å². The molecule has 0 saturated carbocycles. The molecule has 7 heteroatoms. The lowest BCUT2D eigenvalue weighted by molar-refractivity contribution is 0.197. The maximum Gasteiger partial charge on any atom is 0.191 e. The number of nitrogens with zero attached hydrogens (tertiary/aromatic N) is 3. The number of aryl methyl sites for hydroxylation is 2. The Kier molecular flexibility index (Phi) is 8.72. The Morgan fingerprint density at radius 1 is 1.29 bits per heavy atom. The highest BCUT2D eigenvalue weighted by Gasteiger charge is 2.20. The van der Waals surface area contributed by atoms with E-state index in [1.165, 1.54) is 4.88 Å². The van der Waals surface area contributed by atoms with Gasteiger partial charge in [-0.15, -0.1) is 35.3 Å². The van der Waals surface area contributed by atoms with Gasteiger partial charge in [0.2, 0.25) is 0 Å². The van der Waals surface area contributed by atoms with Crippen LogP contribution in [0.15, 0.2) is 4.99 Å². The Hall–Kier alpha value is -0.410. The first kappa shape index (κ1) is 20.6. The lowest BCUT2D eigenvalue weighted by atomic mass is 10.0. The van der Waals surface area contributed by atoms with E-state index in [9.17, 15) is 0 Å². The van der Waals surface area contributed by atoms with Crippen LogP contribution in [0.1, 0.15) is 29.4 Å². The van der Waals surface area contributed by atoms with Gasteiger partial charge < -0.3 is 15.5 Å². The van der Waals surface area contributed by atoms with E-state index in [2.05, 4.69) is 60.4 Å². The van der Waals surface area contributed by atoms with Gasteiger partial charge in [0, 0.05) is 24.0 Å². The SMILES string of the molecule is CN=C(NCc1nc(C)c(C)s1)NCC(C)(C)N(C)C.I. The van der Waals surface area contributed by atoms with Crippen LogP contribution in [0.5, 0.6) is 0 Å². The Morgan fingerprint density at radius 2 is 1.90 bits per heavy atom. The second kappa shape index (κ2) is 8.89. The van der Waals surface area contributed by atoms with Crippen LogP contribution in [0.25, 0.3) is 0 Å². The zero-order valence-corrected chi connectivity index (χ0v) is 17.2. The molecular weight excluding hydrogens is 397 g/mol. The molecule has 0 fully saturated rings. The second-order valence-electron chi connectivity index (χ2n) is 5.74. The summed E-state index contributed by atoms with van der Waals surface area (Å²) in [7, 11) is 5.95. The van der Waals surface area contributed by atoms with Crippen LogP contribution in [-0.4, -0.2) is 49.1 Å². The van der Waals surface area contributed by atoms with Crippen molar-refractivity contribution < 1.29 is 0 Å². The molecule has 0 aliphatic rings. The van der Waals surface area contributed by atoms with Gasteiger partial charge in [0.1, 0.15) is 5.01 Å². The summed E-state index contributed by atoms with van der Waals surface area (Å²) in [5.41, 5.74) is 1.19. The largest absolute Gasteiger partial charge is 0.355 e. The third-order valence-electron chi connectivity index (χ3n) is 3.60. The third kappa shape index (κ3) is 6.48. The lowest BCUT2D eigenvalue weighted by Gasteiger charge is -2.33. The Bertz CT molecular complexity index is 448. The van der Waals surface area contributed by atoms with Crippen LogP contribution in [0.4, 0.5) is 0 Å². The standard InChI is InChI=1S/C14H27N5S.HI/c1-10-11(2)20-12(18-10)8-16-13(15-5)17-9-14(3,4)19(6)7;/h8-9H2,1-7H3,(H2,15,16,17);1H. The first-order valence-electron chi connectivity index (χ1n) is 6.81. The van der Waals surface area contributed by atoms with Gasteiger partial charge in [-0.05, 0) is 41.8 Å². The summed E-state index contributed by atoms with van der Waals surface area (Å²) < 4.78 is 0. The lowest BCUT2D eigenvalue weighted by Crippen LogP contribution is -2.50. The monoisotopic (exact) mass is 425 g/mol. The minimum Gasteiger partial charge on any atom is -0.355 e. The highest BCUT2D eigenvalue weighted by molar-refractivity contribution is 14.0. The number of hydrogen-bond donors (Lipinski definition) is 2. The molecule has 1 aromatic heterocycles. The van der Waals surface area contributed by atoms with E-state index >= 15 is 0 Å². The molecule has 0 spiro atoms. The van der Waals surface area contributed by atoms with Crippen molar-refractivity contribution in [2.24, 2.45) is 4.99 Å². The van der Waals surface area contributed by atoms with Crippen molar-refractivity contribution in [1.82, 2.24) is 20.5 Å². The van der Waals surface area contributed by atoms with Gasteiger partial charge >= 0.3 is 0 Å². The fourth-order valence-electron chi connectivity index (χ4n) is 1.45. The van der Waals surface area contributed by atoms with Crippen molar-refractivity contribution in [3.63, 3.8) is 0 Å². The number of aromatic nitrogens is 1. The van der Waals surface area contributed by atoms with Gasteiger partial charge in [0.05, 0.1) is 12.2 Å². The van der Waals surface area contributed by atoms with Crippen LogP contribution in [0.3, 0.4) is 0 Å². The van der Waals surface area contributed by atoms with E-state index in [1.807, 2.05) is 6.92 Å².